The zero-order chi connectivity index (χ0) is 12.1. The van der Waals surface area contributed by atoms with E-state index in [1.54, 1.807) is 0 Å². The van der Waals surface area contributed by atoms with Crippen LogP contribution in [0.25, 0.3) is 0 Å². The Morgan fingerprint density at radius 1 is 0.882 bits per heavy atom. The van der Waals surface area contributed by atoms with Gasteiger partial charge in [0.05, 0.1) is 5.69 Å². The van der Waals surface area contributed by atoms with Crippen LogP contribution in [0.15, 0.2) is 59.6 Å². The second kappa shape index (κ2) is 5.44. The van der Waals surface area contributed by atoms with Crippen LogP contribution in [-0.4, -0.2) is 6.21 Å². The van der Waals surface area contributed by atoms with Crippen molar-refractivity contribution in [2.45, 2.75) is 19.8 Å². The summed E-state index contributed by atoms with van der Waals surface area (Å²) in [5.74, 6) is 0.522. The molecule has 86 valence electrons. The van der Waals surface area contributed by atoms with E-state index in [0.29, 0.717) is 5.92 Å². The summed E-state index contributed by atoms with van der Waals surface area (Å²) in [6, 6.07) is 18.4. The van der Waals surface area contributed by atoms with E-state index in [2.05, 4.69) is 43.1 Å². The number of para-hydroxylation sites is 1. The summed E-state index contributed by atoms with van der Waals surface area (Å²) >= 11 is 0. The molecule has 0 aliphatic rings. The normalized spacial score (nSPS) is 11.2. The molecule has 0 N–H and O–H groups in total. The predicted octanol–water partition coefficient (Wildman–Crippen LogP) is 4.56. The van der Waals surface area contributed by atoms with Crippen LogP contribution in [0.4, 0.5) is 5.69 Å². The molecule has 0 aliphatic heterocycles. The fourth-order valence-electron chi connectivity index (χ4n) is 1.81. The molecule has 0 aliphatic carbocycles. The van der Waals surface area contributed by atoms with E-state index in [-0.39, 0.29) is 0 Å². The minimum absolute atomic E-state index is 0.522. The Hall–Kier alpha value is -1.89. The summed E-state index contributed by atoms with van der Waals surface area (Å²) in [6.07, 6.45) is 1.95. The van der Waals surface area contributed by atoms with E-state index in [9.17, 15) is 0 Å². The number of nitrogens with zero attached hydrogens (tertiary/aromatic N) is 1. The van der Waals surface area contributed by atoms with Crippen LogP contribution in [0.5, 0.6) is 0 Å². The number of benzene rings is 2. The van der Waals surface area contributed by atoms with Crippen LogP contribution in [-0.2, 0) is 0 Å². The van der Waals surface area contributed by atoms with Crippen LogP contribution in [0, 0.1) is 0 Å². The summed E-state index contributed by atoms with van der Waals surface area (Å²) in [5, 5.41) is 0. The van der Waals surface area contributed by atoms with Crippen molar-refractivity contribution in [3.05, 3.63) is 65.7 Å². The van der Waals surface area contributed by atoms with Gasteiger partial charge in [0, 0.05) is 6.21 Å². The van der Waals surface area contributed by atoms with Crippen molar-refractivity contribution >= 4 is 11.9 Å². The van der Waals surface area contributed by atoms with Crippen molar-refractivity contribution in [3.63, 3.8) is 0 Å². The first-order chi connectivity index (χ1) is 8.27. The average Bonchev–Trinajstić information content (AvgIpc) is 2.38. The molecule has 0 spiro atoms. The number of aliphatic imine (C=N–C) groups is 1. The van der Waals surface area contributed by atoms with E-state index >= 15 is 0 Å². The molecule has 0 fully saturated rings. The molecule has 0 aromatic heterocycles. The average molecular weight is 223 g/mol. The smallest absolute Gasteiger partial charge is 0.0629 e. The molecule has 17 heavy (non-hydrogen) atoms. The van der Waals surface area contributed by atoms with Gasteiger partial charge in [0.1, 0.15) is 0 Å². The molecule has 0 atom stereocenters. The minimum Gasteiger partial charge on any atom is -0.256 e. The van der Waals surface area contributed by atoms with Gasteiger partial charge in [-0.1, -0.05) is 56.3 Å². The Morgan fingerprint density at radius 2 is 1.53 bits per heavy atom. The van der Waals surface area contributed by atoms with E-state index in [4.69, 9.17) is 0 Å². The minimum atomic E-state index is 0.522. The third kappa shape index (κ3) is 3.04. The Balaban J connectivity index is 2.27. The standard InChI is InChI=1S/C16H17N/c1-13(2)16-11-7-6-8-14(16)12-17-15-9-4-3-5-10-15/h3-13H,1-2H3/b17-12-. The molecule has 0 amide bonds. The van der Waals surface area contributed by atoms with Crippen molar-refractivity contribution in [2.24, 2.45) is 4.99 Å². The zero-order valence-electron chi connectivity index (χ0n) is 10.3. The second-order valence-electron chi connectivity index (χ2n) is 4.38. The van der Waals surface area contributed by atoms with E-state index in [1.165, 1.54) is 11.1 Å². The summed E-state index contributed by atoms with van der Waals surface area (Å²) < 4.78 is 0. The van der Waals surface area contributed by atoms with Gasteiger partial charge in [-0.25, -0.2) is 0 Å². The number of hydrogen-bond acceptors (Lipinski definition) is 1. The molecule has 2 rings (SSSR count). The maximum absolute atomic E-state index is 4.49. The van der Waals surface area contributed by atoms with Gasteiger partial charge in [-0.2, -0.15) is 0 Å². The zero-order valence-corrected chi connectivity index (χ0v) is 10.3. The van der Waals surface area contributed by atoms with Gasteiger partial charge in [-0.05, 0) is 29.2 Å². The summed E-state index contributed by atoms with van der Waals surface area (Å²) in [7, 11) is 0. The highest BCUT2D eigenvalue weighted by Crippen LogP contribution is 2.18. The Labute approximate surface area is 103 Å². The third-order valence-corrected chi connectivity index (χ3v) is 2.73. The first kappa shape index (κ1) is 11.6. The van der Waals surface area contributed by atoms with Crippen molar-refractivity contribution in [1.82, 2.24) is 0 Å². The number of hydrogen-bond donors (Lipinski definition) is 0. The van der Waals surface area contributed by atoms with Crippen LogP contribution in [0.3, 0.4) is 0 Å². The quantitative estimate of drug-likeness (QED) is 0.676. The predicted molar refractivity (Wildman–Crippen MR) is 74.2 cm³/mol. The number of rotatable bonds is 3. The summed E-state index contributed by atoms with van der Waals surface area (Å²) in [6.45, 7) is 4.41. The molecule has 0 saturated carbocycles. The van der Waals surface area contributed by atoms with Gasteiger partial charge in [0.25, 0.3) is 0 Å². The Kier molecular flexibility index (Phi) is 3.71. The first-order valence-electron chi connectivity index (χ1n) is 5.95. The fourth-order valence-corrected chi connectivity index (χ4v) is 1.81. The van der Waals surface area contributed by atoms with Gasteiger partial charge >= 0.3 is 0 Å². The Bertz CT molecular complexity index is 498. The van der Waals surface area contributed by atoms with E-state index in [0.717, 1.165) is 5.69 Å². The summed E-state index contributed by atoms with van der Waals surface area (Å²) in [4.78, 5) is 4.49. The van der Waals surface area contributed by atoms with Crippen molar-refractivity contribution in [1.29, 1.82) is 0 Å². The van der Waals surface area contributed by atoms with Crippen LogP contribution >= 0.6 is 0 Å². The van der Waals surface area contributed by atoms with Crippen LogP contribution in [0.2, 0.25) is 0 Å². The molecule has 0 saturated heterocycles. The molecule has 2 aromatic rings. The maximum Gasteiger partial charge on any atom is 0.0629 e. The fraction of sp³-hybridized carbons (Fsp3) is 0.188. The molecule has 1 nitrogen and oxygen atoms in total. The second-order valence-corrected chi connectivity index (χ2v) is 4.38. The molecule has 2 aromatic carbocycles. The molecular formula is C16H17N. The summed E-state index contributed by atoms with van der Waals surface area (Å²) in [5.41, 5.74) is 3.53. The van der Waals surface area contributed by atoms with Gasteiger partial charge in [-0.3, -0.25) is 4.99 Å². The lowest BCUT2D eigenvalue weighted by Gasteiger charge is -2.08. The molecule has 0 unspecified atom stereocenters. The van der Waals surface area contributed by atoms with Gasteiger partial charge < -0.3 is 0 Å². The molecule has 0 heterocycles. The van der Waals surface area contributed by atoms with Crippen LogP contribution < -0.4 is 0 Å². The maximum atomic E-state index is 4.49. The monoisotopic (exact) mass is 223 g/mol. The first-order valence-corrected chi connectivity index (χ1v) is 5.95. The lowest BCUT2D eigenvalue weighted by molar-refractivity contribution is 0.865. The van der Waals surface area contributed by atoms with Crippen molar-refractivity contribution in [2.75, 3.05) is 0 Å². The highest BCUT2D eigenvalue weighted by Gasteiger charge is 2.02. The molecular weight excluding hydrogens is 206 g/mol. The lowest BCUT2D eigenvalue weighted by Crippen LogP contribution is -1.94. The van der Waals surface area contributed by atoms with Crippen LogP contribution in [0.1, 0.15) is 30.9 Å². The Morgan fingerprint density at radius 3 is 2.24 bits per heavy atom. The van der Waals surface area contributed by atoms with Crippen molar-refractivity contribution in [3.8, 4) is 0 Å². The molecule has 0 radical (unpaired) electrons. The van der Waals surface area contributed by atoms with E-state index < -0.39 is 0 Å². The van der Waals surface area contributed by atoms with Crippen molar-refractivity contribution < 1.29 is 0 Å². The topological polar surface area (TPSA) is 12.4 Å². The third-order valence-electron chi connectivity index (χ3n) is 2.73. The molecule has 1 heteroatoms. The highest BCUT2D eigenvalue weighted by atomic mass is 14.7. The SMILES string of the molecule is CC(C)c1ccccc1/C=N\c1ccccc1. The van der Waals surface area contributed by atoms with Gasteiger partial charge in [0.15, 0.2) is 0 Å². The molecule has 0 bridgehead atoms. The lowest BCUT2D eigenvalue weighted by atomic mass is 9.98. The van der Waals surface area contributed by atoms with Gasteiger partial charge in [-0.15, -0.1) is 0 Å². The van der Waals surface area contributed by atoms with E-state index in [1.807, 2.05) is 36.5 Å². The van der Waals surface area contributed by atoms with Gasteiger partial charge in [0.2, 0.25) is 0 Å². The highest BCUT2D eigenvalue weighted by molar-refractivity contribution is 5.84. The largest absolute Gasteiger partial charge is 0.256 e.